The van der Waals surface area contributed by atoms with E-state index in [1.54, 1.807) is 0 Å². The van der Waals surface area contributed by atoms with Crippen molar-refractivity contribution in [1.29, 1.82) is 0 Å². The Bertz CT molecular complexity index is 315. The van der Waals surface area contributed by atoms with Crippen molar-refractivity contribution in [2.45, 2.75) is 38.0 Å². The number of carboxylic acids is 1. The number of aliphatic hydroxyl groups is 1. The van der Waals surface area contributed by atoms with Crippen LogP contribution in [0.15, 0.2) is 0 Å². The molecular weight excluding hydrogens is 216 g/mol. The van der Waals surface area contributed by atoms with Gasteiger partial charge in [-0.15, -0.1) is 0 Å². The highest BCUT2D eigenvalue weighted by Gasteiger charge is 2.32. The molecule has 0 bridgehead atoms. The largest absolute Gasteiger partial charge is 0.480 e. The van der Waals surface area contributed by atoms with Crippen molar-refractivity contribution < 1.29 is 24.6 Å². The van der Waals surface area contributed by atoms with Crippen LogP contribution in [0.4, 0.5) is 0 Å². The number of rotatable bonds is 4. The molecule has 1 heterocycles. The van der Waals surface area contributed by atoms with Crippen LogP contribution in [-0.2, 0) is 14.4 Å². The molecule has 2 amide bonds. The van der Waals surface area contributed by atoms with Gasteiger partial charge in [0.05, 0.1) is 6.10 Å². The zero-order valence-corrected chi connectivity index (χ0v) is 8.77. The predicted molar refractivity (Wildman–Crippen MR) is 52.4 cm³/mol. The van der Waals surface area contributed by atoms with Crippen molar-refractivity contribution in [2.24, 2.45) is 0 Å². The Kier molecular flexibility index (Phi) is 3.83. The quantitative estimate of drug-likeness (QED) is 0.455. The molecule has 0 aromatic rings. The third kappa shape index (κ3) is 2.93. The second-order valence-electron chi connectivity index (χ2n) is 3.72. The molecule has 0 aromatic carbocycles. The third-order valence-corrected chi connectivity index (χ3v) is 2.36. The van der Waals surface area contributed by atoms with Crippen LogP contribution in [0.1, 0.15) is 19.8 Å². The Labute approximate surface area is 91.8 Å². The van der Waals surface area contributed by atoms with Crippen molar-refractivity contribution in [3.63, 3.8) is 0 Å². The minimum absolute atomic E-state index is 0.232. The highest BCUT2D eigenvalue weighted by Crippen LogP contribution is 2.07. The minimum Gasteiger partial charge on any atom is -0.480 e. The Balaban J connectivity index is 2.55. The summed E-state index contributed by atoms with van der Waals surface area (Å²) >= 11 is 0. The van der Waals surface area contributed by atoms with Gasteiger partial charge >= 0.3 is 5.97 Å². The molecule has 90 valence electrons. The van der Waals surface area contributed by atoms with Crippen molar-refractivity contribution in [3.8, 4) is 0 Å². The monoisotopic (exact) mass is 230 g/mol. The van der Waals surface area contributed by atoms with Gasteiger partial charge in [0.25, 0.3) is 0 Å². The van der Waals surface area contributed by atoms with Gasteiger partial charge in [0.2, 0.25) is 11.8 Å². The number of hydrogen-bond donors (Lipinski definition) is 4. The van der Waals surface area contributed by atoms with Gasteiger partial charge in [-0.25, -0.2) is 4.79 Å². The lowest BCUT2D eigenvalue weighted by Gasteiger charge is -2.19. The topological polar surface area (TPSA) is 116 Å². The number of nitrogens with one attached hydrogen (secondary N) is 2. The summed E-state index contributed by atoms with van der Waals surface area (Å²) in [5.74, 6) is -2.13. The van der Waals surface area contributed by atoms with E-state index in [2.05, 4.69) is 10.6 Å². The van der Waals surface area contributed by atoms with E-state index in [0.717, 1.165) is 0 Å². The number of amides is 2. The molecule has 0 saturated carbocycles. The van der Waals surface area contributed by atoms with Gasteiger partial charge in [0.1, 0.15) is 6.04 Å². The summed E-state index contributed by atoms with van der Waals surface area (Å²) in [6, 6.07) is -2.06. The fraction of sp³-hybridized carbons (Fsp3) is 0.667. The van der Waals surface area contributed by atoms with Crippen molar-refractivity contribution in [2.75, 3.05) is 0 Å². The average Bonchev–Trinajstić information content (AvgIpc) is 2.59. The normalized spacial score (nSPS) is 23.4. The molecule has 3 atom stereocenters. The molecule has 1 aliphatic heterocycles. The second kappa shape index (κ2) is 4.93. The lowest BCUT2D eigenvalue weighted by Crippen LogP contribution is -2.52. The van der Waals surface area contributed by atoms with Crippen LogP contribution in [-0.4, -0.2) is 46.2 Å². The SMILES string of the molecule is C[C@@H](O)[C@H](NC(=O)C1CCC(=O)N1)C(=O)O. The zero-order chi connectivity index (χ0) is 12.3. The second-order valence-corrected chi connectivity index (χ2v) is 3.72. The van der Waals surface area contributed by atoms with Crippen molar-refractivity contribution in [3.05, 3.63) is 0 Å². The van der Waals surface area contributed by atoms with Gasteiger partial charge in [-0.1, -0.05) is 0 Å². The number of carbonyl (C=O) groups is 3. The summed E-state index contributed by atoms with van der Waals surface area (Å²) in [7, 11) is 0. The van der Waals surface area contributed by atoms with E-state index in [-0.39, 0.29) is 12.3 Å². The molecule has 1 rings (SSSR count). The van der Waals surface area contributed by atoms with Crippen LogP contribution in [0.5, 0.6) is 0 Å². The molecule has 7 nitrogen and oxygen atoms in total. The first kappa shape index (κ1) is 12.4. The number of hydrogen-bond acceptors (Lipinski definition) is 4. The number of aliphatic carboxylic acids is 1. The van der Waals surface area contributed by atoms with E-state index >= 15 is 0 Å². The Morgan fingerprint density at radius 2 is 2.19 bits per heavy atom. The molecule has 0 aliphatic carbocycles. The van der Waals surface area contributed by atoms with Crippen molar-refractivity contribution >= 4 is 17.8 Å². The molecule has 0 spiro atoms. The highest BCUT2D eigenvalue weighted by molar-refractivity contribution is 5.92. The summed E-state index contributed by atoms with van der Waals surface area (Å²) in [6.45, 7) is 1.27. The fourth-order valence-corrected chi connectivity index (χ4v) is 1.45. The molecule has 0 radical (unpaired) electrons. The maximum Gasteiger partial charge on any atom is 0.328 e. The molecule has 1 aliphatic rings. The van der Waals surface area contributed by atoms with Gasteiger partial charge < -0.3 is 20.8 Å². The highest BCUT2D eigenvalue weighted by atomic mass is 16.4. The molecule has 0 aromatic heterocycles. The maximum absolute atomic E-state index is 11.5. The first-order chi connectivity index (χ1) is 7.41. The molecule has 1 unspecified atom stereocenters. The van der Waals surface area contributed by atoms with E-state index in [9.17, 15) is 14.4 Å². The molecule has 4 N–H and O–H groups in total. The molecule has 7 heteroatoms. The number of carbonyl (C=O) groups excluding carboxylic acids is 2. The molecule has 1 fully saturated rings. The van der Waals surface area contributed by atoms with E-state index in [1.165, 1.54) is 6.92 Å². The summed E-state index contributed by atoms with van der Waals surface area (Å²) in [5, 5.41) is 22.5. The average molecular weight is 230 g/mol. The predicted octanol–water partition coefficient (Wildman–Crippen LogP) is -1.78. The maximum atomic E-state index is 11.5. The lowest BCUT2D eigenvalue weighted by molar-refractivity contribution is -0.145. The summed E-state index contributed by atoms with van der Waals surface area (Å²) in [4.78, 5) is 33.1. The Morgan fingerprint density at radius 1 is 1.56 bits per heavy atom. The van der Waals surface area contributed by atoms with Crippen LogP contribution in [0, 0.1) is 0 Å². The lowest BCUT2D eigenvalue weighted by atomic mass is 10.1. The third-order valence-electron chi connectivity index (χ3n) is 2.36. The summed E-state index contributed by atoms with van der Waals surface area (Å²) < 4.78 is 0. The van der Waals surface area contributed by atoms with E-state index in [1.807, 2.05) is 0 Å². The van der Waals surface area contributed by atoms with Crippen LogP contribution in [0.2, 0.25) is 0 Å². The Morgan fingerprint density at radius 3 is 2.56 bits per heavy atom. The van der Waals surface area contributed by atoms with E-state index < -0.39 is 30.1 Å². The number of carboxylic acid groups (broad SMARTS) is 1. The van der Waals surface area contributed by atoms with Crippen LogP contribution < -0.4 is 10.6 Å². The van der Waals surface area contributed by atoms with Gasteiger partial charge in [-0.3, -0.25) is 9.59 Å². The van der Waals surface area contributed by atoms with Gasteiger partial charge in [0, 0.05) is 6.42 Å². The standard InChI is InChI=1S/C9H14N2O5/c1-4(12)7(9(15)16)11-8(14)5-2-3-6(13)10-5/h4-5,7,12H,2-3H2,1H3,(H,10,13)(H,11,14)(H,15,16)/t4-,5?,7+/m1/s1. The first-order valence-electron chi connectivity index (χ1n) is 4.92. The van der Waals surface area contributed by atoms with Crippen LogP contribution >= 0.6 is 0 Å². The number of aliphatic hydroxyl groups excluding tert-OH is 1. The van der Waals surface area contributed by atoms with Crippen molar-refractivity contribution in [1.82, 2.24) is 10.6 Å². The van der Waals surface area contributed by atoms with Gasteiger partial charge in [-0.05, 0) is 13.3 Å². The first-order valence-corrected chi connectivity index (χ1v) is 4.92. The molecule has 16 heavy (non-hydrogen) atoms. The molecule has 1 saturated heterocycles. The fourth-order valence-electron chi connectivity index (χ4n) is 1.45. The Hall–Kier alpha value is -1.63. The smallest absolute Gasteiger partial charge is 0.328 e. The summed E-state index contributed by atoms with van der Waals surface area (Å²) in [6.07, 6.45) is -0.597. The van der Waals surface area contributed by atoms with Crippen LogP contribution in [0.25, 0.3) is 0 Å². The minimum atomic E-state index is -1.36. The van der Waals surface area contributed by atoms with Gasteiger partial charge in [-0.2, -0.15) is 0 Å². The van der Waals surface area contributed by atoms with E-state index in [4.69, 9.17) is 10.2 Å². The van der Waals surface area contributed by atoms with Crippen LogP contribution in [0.3, 0.4) is 0 Å². The van der Waals surface area contributed by atoms with Gasteiger partial charge in [0.15, 0.2) is 6.04 Å². The summed E-state index contributed by atoms with van der Waals surface area (Å²) in [5.41, 5.74) is 0. The van der Waals surface area contributed by atoms with E-state index in [0.29, 0.717) is 6.42 Å². The molecular formula is C9H14N2O5. The zero-order valence-electron chi connectivity index (χ0n) is 8.77.